The van der Waals surface area contributed by atoms with Gasteiger partial charge in [-0.2, -0.15) is 5.10 Å². The van der Waals surface area contributed by atoms with Gasteiger partial charge in [0.1, 0.15) is 4.90 Å². The van der Waals surface area contributed by atoms with Crippen molar-refractivity contribution in [2.75, 3.05) is 10.0 Å². The number of hydrogen-bond donors (Lipinski definition) is 3. The van der Waals surface area contributed by atoms with Gasteiger partial charge in [-0.25, -0.2) is 8.42 Å². The molecule has 0 spiro atoms. The van der Waals surface area contributed by atoms with Gasteiger partial charge < -0.3 is 5.32 Å². The summed E-state index contributed by atoms with van der Waals surface area (Å²) in [5, 5.41) is 9.90. The van der Waals surface area contributed by atoms with Gasteiger partial charge in [0.15, 0.2) is 0 Å². The van der Waals surface area contributed by atoms with Gasteiger partial charge in [-0.1, -0.05) is 17.7 Å². The van der Waals surface area contributed by atoms with Gasteiger partial charge in [0.05, 0.1) is 11.4 Å². The third kappa shape index (κ3) is 3.83. The standard InChI is InChI=1S/C18H20N4O2S/c1-12-4-6-15(7-5-12)19-16-8-10-17(11-9-16)22-25(23,24)18-13(2)20-21-14(18)3/h4-11,19,22H,1-3H3,(H,20,21). The molecule has 2 aromatic carbocycles. The van der Waals surface area contributed by atoms with Gasteiger partial charge in [0.2, 0.25) is 0 Å². The van der Waals surface area contributed by atoms with Gasteiger partial charge in [0, 0.05) is 17.1 Å². The number of hydrogen-bond acceptors (Lipinski definition) is 4. The maximum Gasteiger partial charge on any atom is 0.265 e. The minimum Gasteiger partial charge on any atom is -0.356 e. The van der Waals surface area contributed by atoms with E-state index in [0.29, 0.717) is 17.1 Å². The second-order valence-corrected chi connectivity index (χ2v) is 7.56. The molecule has 0 saturated carbocycles. The van der Waals surface area contributed by atoms with Crippen LogP contribution < -0.4 is 10.0 Å². The Hall–Kier alpha value is -2.80. The van der Waals surface area contributed by atoms with Crippen molar-refractivity contribution in [3.63, 3.8) is 0 Å². The third-order valence-corrected chi connectivity index (χ3v) is 5.45. The molecule has 3 N–H and O–H groups in total. The van der Waals surface area contributed by atoms with E-state index in [0.717, 1.165) is 11.4 Å². The minimum absolute atomic E-state index is 0.189. The Labute approximate surface area is 147 Å². The number of aromatic nitrogens is 2. The van der Waals surface area contributed by atoms with E-state index in [1.54, 1.807) is 26.0 Å². The molecular formula is C18H20N4O2S. The Morgan fingerprint density at radius 2 is 1.36 bits per heavy atom. The van der Waals surface area contributed by atoms with E-state index in [-0.39, 0.29) is 4.90 Å². The molecule has 0 saturated heterocycles. The molecule has 0 amide bonds. The summed E-state index contributed by atoms with van der Waals surface area (Å²) in [5.74, 6) is 0. The number of aromatic amines is 1. The van der Waals surface area contributed by atoms with E-state index >= 15 is 0 Å². The Balaban J connectivity index is 1.75. The minimum atomic E-state index is -3.67. The van der Waals surface area contributed by atoms with Crippen LogP contribution in [0.15, 0.2) is 53.4 Å². The molecule has 7 heteroatoms. The molecule has 3 aromatic rings. The first-order valence-corrected chi connectivity index (χ1v) is 9.31. The number of H-pyrrole nitrogens is 1. The van der Waals surface area contributed by atoms with E-state index in [9.17, 15) is 8.42 Å². The lowest BCUT2D eigenvalue weighted by atomic mass is 10.2. The molecule has 0 bridgehead atoms. The Morgan fingerprint density at radius 3 is 1.88 bits per heavy atom. The van der Waals surface area contributed by atoms with Crippen molar-refractivity contribution in [2.45, 2.75) is 25.7 Å². The number of rotatable bonds is 5. The highest BCUT2D eigenvalue weighted by Gasteiger charge is 2.22. The zero-order chi connectivity index (χ0) is 18.0. The highest BCUT2D eigenvalue weighted by Crippen LogP contribution is 2.23. The lowest BCUT2D eigenvalue weighted by Gasteiger charge is -2.10. The van der Waals surface area contributed by atoms with E-state index in [1.165, 1.54) is 5.56 Å². The zero-order valence-corrected chi connectivity index (χ0v) is 15.1. The fraction of sp³-hybridized carbons (Fsp3) is 0.167. The van der Waals surface area contributed by atoms with Gasteiger partial charge >= 0.3 is 0 Å². The SMILES string of the molecule is Cc1ccc(Nc2ccc(NS(=O)(=O)c3c(C)n[nH]c3C)cc2)cc1. The van der Waals surface area contributed by atoms with Gasteiger partial charge in [-0.3, -0.25) is 9.82 Å². The maximum atomic E-state index is 12.5. The third-order valence-electron chi connectivity index (χ3n) is 3.81. The van der Waals surface area contributed by atoms with E-state index in [4.69, 9.17) is 0 Å². The van der Waals surface area contributed by atoms with Gasteiger partial charge in [-0.15, -0.1) is 0 Å². The predicted molar refractivity (Wildman–Crippen MR) is 99.8 cm³/mol. The smallest absolute Gasteiger partial charge is 0.265 e. The van der Waals surface area contributed by atoms with Gasteiger partial charge in [0.25, 0.3) is 10.0 Å². The zero-order valence-electron chi connectivity index (χ0n) is 14.3. The van der Waals surface area contributed by atoms with Crippen LogP contribution in [-0.2, 0) is 10.0 Å². The quantitative estimate of drug-likeness (QED) is 0.647. The number of sulfonamides is 1. The van der Waals surface area contributed by atoms with Crippen molar-refractivity contribution in [3.05, 3.63) is 65.5 Å². The molecule has 0 atom stereocenters. The number of anilines is 3. The lowest BCUT2D eigenvalue weighted by molar-refractivity contribution is 0.600. The topological polar surface area (TPSA) is 86.9 Å². The molecule has 3 rings (SSSR count). The van der Waals surface area contributed by atoms with Crippen LogP contribution in [0.2, 0.25) is 0 Å². The lowest BCUT2D eigenvalue weighted by Crippen LogP contribution is -2.14. The van der Waals surface area contributed by atoms with Crippen molar-refractivity contribution < 1.29 is 8.42 Å². The predicted octanol–water partition coefficient (Wildman–Crippen LogP) is 3.88. The van der Waals surface area contributed by atoms with Crippen LogP contribution in [0.5, 0.6) is 0 Å². The van der Waals surface area contributed by atoms with Gasteiger partial charge in [-0.05, 0) is 57.2 Å². The molecule has 1 aromatic heterocycles. The second-order valence-electron chi connectivity index (χ2n) is 5.94. The highest BCUT2D eigenvalue weighted by atomic mass is 32.2. The molecule has 0 unspecified atom stereocenters. The molecule has 0 aliphatic rings. The first-order valence-electron chi connectivity index (χ1n) is 7.83. The molecule has 130 valence electrons. The average Bonchev–Trinajstić information content (AvgIpc) is 2.91. The fourth-order valence-corrected chi connectivity index (χ4v) is 4.00. The average molecular weight is 356 g/mol. The molecule has 6 nitrogen and oxygen atoms in total. The van der Waals surface area contributed by atoms with Crippen molar-refractivity contribution in [2.24, 2.45) is 0 Å². The Bertz CT molecular complexity index is 955. The normalized spacial score (nSPS) is 11.3. The Morgan fingerprint density at radius 1 is 0.840 bits per heavy atom. The number of nitrogens with one attached hydrogen (secondary N) is 3. The van der Waals surface area contributed by atoms with Crippen LogP contribution in [0.4, 0.5) is 17.1 Å². The summed E-state index contributed by atoms with van der Waals surface area (Å²) in [6.07, 6.45) is 0. The molecular weight excluding hydrogens is 336 g/mol. The summed E-state index contributed by atoms with van der Waals surface area (Å²) in [4.78, 5) is 0.189. The van der Waals surface area contributed by atoms with Crippen molar-refractivity contribution in [1.29, 1.82) is 0 Å². The maximum absolute atomic E-state index is 12.5. The van der Waals surface area contributed by atoms with E-state index < -0.39 is 10.0 Å². The second kappa shape index (κ2) is 6.60. The number of benzene rings is 2. The molecule has 1 heterocycles. The molecule has 0 aliphatic heterocycles. The summed E-state index contributed by atoms with van der Waals surface area (Å²) in [6, 6.07) is 15.1. The largest absolute Gasteiger partial charge is 0.356 e. The van der Waals surface area contributed by atoms with E-state index in [1.807, 2.05) is 43.3 Å². The summed E-state index contributed by atoms with van der Waals surface area (Å²) in [6.45, 7) is 5.38. The Kier molecular flexibility index (Phi) is 4.50. The van der Waals surface area contributed by atoms with E-state index in [2.05, 4.69) is 20.2 Å². The molecule has 0 aliphatic carbocycles. The highest BCUT2D eigenvalue weighted by molar-refractivity contribution is 7.92. The van der Waals surface area contributed by atoms with Crippen molar-refractivity contribution in [3.8, 4) is 0 Å². The molecule has 25 heavy (non-hydrogen) atoms. The summed E-state index contributed by atoms with van der Waals surface area (Å²) in [5.41, 5.74) is 4.51. The molecule has 0 fully saturated rings. The van der Waals surface area contributed by atoms with Crippen LogP contribution >= 0.6 is 0 Å². The van der Waals surface area contributed by atoms with Crippen molar-refractivity contribution in [1.82, 2.24) is 10.2 Å². The van der Waals surface area contributed by atoms with Crippen LogP contribution in [0.1, 0.15) is 17.0 Å². The fourth-order valence-electron chi connectivity index (χ4n) is 2.57. The first-order chi connectivity index (χ1) is 11.8. The monoisotopic (exact) mass is 356 g/mol. The summed E-state index contributed by atoms with van der Waals surface area (Å²) in [7, 11) is -3.67. The molecule has 0 radical (unpaired) electrons. The number of aryl methyl sites for hydroxylation is 3. The summed E-state index contributed by atoms with van der Waals surface area (Å²) >= 11 is 0. The summed E-state index contributed by atoms with van der Waals surface area (Å²) < 4.78 is 27.6. The number of nitrogens with zero attached hydrogens (tertiary/aromatic N) is 1. The van der Waals surface area contributed by atoms with Crippen LogP contribution in [0, 0.1) is 20.8 Å². The van der Waals surface area contributed by atoms with Crippen LogP contribution in [0.3, 0.4) is 0 Å². The first kappa shape index (κ1) is 17.0. The van der Waals surface area contributed by atoms with Crippen LogP contribution in [-0.4, -0.2) is 18.6 Å². The van der Waals surface area contributed by atoms with Crippen LogP contribution in [0.25, 0.3) is 0 Å². The van der Waals surface area contributed by atoms with Crippen molar-refractivity contribution >= 4 is 27.1 Å².